The van der Waals surface area contributed by atoms with Gasteiger partial charge in [-0.15, -0.1) is 0 Å². The highest BCUT2D eigenvalue weighted by Gasteiger charge is 2.87. The molecule has 4 bridgehead atoms. The summed E-state index contributed by atoms with van der Waals surface area (Å²) >= 11 is 1.27. The quantitative estimate of drug-likeness (QED) is 0.368. The van der Waals surface area contributed by atoms with Gasteiger partial charge in [0.15, 0.2) is 5.78 Å². The molecule has 0 amide bonds. The summed E-state index contributed by atoms with van der Waals surface area (Å²) in [7, 11) is -3.71. The molecule has 1 aromatic heterocycles. The van der Waals surface area contributed by atoms with Crippen LogP contribution in [-0.4, -0.2) is 71.9 Å². The van der Waals surface area contributed by atoms with Gasteiger partial charge in [-0.1, -0.05) is 13.8 Å². The molecule has 11 heteroatoms. The molecule has 2 aliphatic heterocycles. The molecule has 10 atom stereocenters. The maximum Gasteiger partial charge on any atom is 0.241 e. The molecule has 200 valence electrons. The molecule has 9 nitrogen and oxygen atoms in total. The lowest BCUT2D eigenvalue weighted by molar-refractivity contribution is -0.458. The zero-order chi connectivity index (χ0) is 25.9. The Labute approximate surface area is 214 Å². The van der Waals surface area contributed by atoms with Crippen molar-refractivity contribution in [2.75, 3.05) is 13.2 Å². The third-order valence-electron chi connectivity index (χ3n) is 10.6. The number of Topliss-reactive ketones (excluding diaryl/α,β-unsaturated/α-hetero) is 1. The number of hydrogen-bond donors (Lipinski definition) is 5. The molecule has 2 saturated heterocycles. The van der Waals surface area contributed by atoms with E-state index in [0.717, 1.165) is 0 Å². The summed E-state index contributed by atoms with van der Waals surface area (Å²) in [5.74, 6) is -4.86. The summed E-state index contributed by atoms with van der Waals surface area (Å²) in [6.45, 7) is 4.07. The second kappa shape index (κ2) is 7.81. The van der Waals surface area contributed by atoms with E-state index in [1.54, 1.807) is 5.38 Å². The summed E-state index contributed by atoms with van der Waals surface area (Å²) in [5.41, 5.74) is -3.11. The molecule has 4 aliphatic carbocycles. The summed E-state index contributed by atoms with van der Waals surface area (Å²) in [6, 6.07) is 1.51. The number of ketones is 1. The molecule has 0 unspecified atom stereocenters. The van der Waals surface area contributed by atoms with E-state index in [4.69, 9.17) is 4.74 Å². The number of ether oxygens (including phenoxy) is 1. The van der Waals surface area contributed by atoms with Gasteiger partial charge in [0.25, 0.3) is 0 Å². The van der Waals surface area contributed by atoms with Crippen LogP contribution >= 0.6 is 11.3 Å². The monoisotopic (exact) mass is 541 g/mol. The first kappa shape index (κ1) is 25.4. The van der Waals surface area contributed by atoms with Gasteiger partial charge < -0.3 is 25.2 Å². The lowest BCUT2D eigenvalue weighted by Crippen LogP contribution is -2.85. The molecule has 6 aliphatic rings. The third kappa shape index (κ3) is 2.81. The Hall–Kier alpha value is -0.920. The van der Waals surface area contributed by atoms with Gasteiger partial charge in [0.2, 0.25) is 15.8 Å². The van der Waals surface area contributed by atoms with Gasteiger partial charge in [-0.2, -0.15) is 11.3 Å². The number of fused-ring (bicyclic) bond motifs is 2. The average Bonchev–Trinajstić information content (AvgIpc) is 3.39. The number of rotatable bonds is 5. The first-order valence-corrected chi connectivity index (χ1v) is 15.2. The van der Waals surface area contributed by atoms with Crippen molar-refractivity contribution in [1.82, 2.24) is 4.72 Å². The van der Waals surface area contributed by atoms with E-state index in [2.05, 4.69) is 4.72 Å². The molecular weight excluding hydrogens is 506 g/mol. The van der Waals surface area contributed by atoms with Crippen molar-refractivity contribution in [3.63, 3.8) is 0 Å². The van der Waals surface area contributed by atoms with Crippen LogP contribution in [0.3, 0.4) is 0 Å². The van der Waals surface area contributed by atoms with Crippen LogP contribution in [0.2, 0.25) is 0 Å². The summed E-state index contributed by atoms with van der Waals surface area (Å²) in [4.78, 5) is 14.4. The van der Waals surface area contributed by atoms with Crippen LogP contribution in [0.25, 0.3) is 0 Å². The first-order chi connectivity index (χ1) is 16.9. The molecule has 0 radical (unpaired) electrons. The fraction of sp³-hybridized carbons (Fsp3) is 0.800. The van der Waals surface area contributed by atoms with Crippen LogP contribution in [0.5, 0.6) is 0 Å². The zero-order valence-electron chi connectivity index (χ0n) is 20.5. The Bertz CT molecular complexity index is 1170. The van der Waals surface area contributed by atoms with E-state index in [1.165, 1.54) is 22.8 Å². The molecule has 0 aromatic carbocycles. The summed E-state index contributed by atoms with van der Waals surface area (Å²) in [6.07, 6.45) is -1.16. The number of sulfonamides is 1. The molecule has 1 aromatic rings. The van der Waals surface area contributed by atoms with Crippen molar-refractivity contribution in [1.29, 1.82) is 0 Å². The normalized spacial score (nSPS) is 49.1. The van der Waals surface area contributed by atoms with Gasteiger partial charge in [-0.05, 0) is 60.8 Å². The molecule has 7 rings (SSSR count). The number of carbonyl (C=O) groups is 1. The second-order valence-electron chi connectivity index (χ2n) is 12.3. The van der Waals surface area contributed by atoms with Crippen LogP contribution in [-0.2, 0) is 19.6 Å². The van der Waals surface area contributed by atoms with Crippen LogP contribution in [0.1, 0.15) is 46.0 Å². The first-order valence-electron chi connectivity index (χ1n) is 12.8. The van der Waals surface area contributed by atoms with E-state index in [-0.39, 0.29) is 30.3 Å². The molecule has 2 spiro atoms. The van der Waals surface area contributed by atoms with Crippen molar-refractivity contribution in [2.24, 2.45) is 39.9 Å². The smallest absolute Gasteiger partial charge is 0.241 e. The van der Waals surface area contributed by atoms with Crippen molar-refractivity contribution in [3.8, 4) is 0 Å². The largest absolute Gasteiger partial charge is 0.392 e. The number of aliphatic hydroxyl groups is 4. The number of carbonyl (C=O) groups excluding carboxylic acids is 1. The predicted octanol–water partition coefficient (Wildman–Crippen LogP) is 0.866. The Kier molecular flexibility index (Phi) is 5.51. The second-order valence-corrected chi connectivity index (χ2v) is 14.8. The minimum atomic E-state index is -3.71. The lowest BCUT2D eigenvalue weighted by atomic mass is 9.35. The van der Waals surface area contributed by atoms with E-state index in [1.807, 2.05) is 13.8 Å². The number of hydrogen-bond acceptors (Lipinski definition) is 9. The predicted molar refractivity (Wildman–Crippen MR) is 129 cm³/mol. The van der Waals surface area contributed by atoms with Gasteiger partial charge in [-0.3, -0.25) is 4.79 Å². The Morgan fingerprint density at radius 3 is 2.61 bits per heavy atom. The summed E-state index contributed by atoms with van der Waals surface area (Å²) < 4.78 is 33.6. The number of aliphatic hydroxyl groups excluding tert-OH is 3. The van der Waals surface area contributed by atoms with Gasteiger partial charge in [-0.25, -0.2) is 13.1 Å². The van der Waals surface area contributed by atoms with Gasteiger partial charge in [0.05, 0.1) is 23.7 Å². The standard InChI is InChI=1S/C25H35NO8S2/c1-22(2)8-5-17(27)23-12-34-25(31,21(30)18(22)23)24-16(23)4-3-14(19(24)28)15(20(24)29)6-9-26-36(32,33)13-7-10-35-11-13/h7,10-11,14-19,21,26-28,30-31H,3-6,8-9,12H2,1-2H3/t14-,15-,16-,17-,18+,19+,21-,23+,24+,25+/m0/s1. The Morgan fingerprint density at radius 2 is 1.92 bits per heavy atom. The van der Waals surface area contributed by atoms with Crippen molar-refractivity contribution < 1.29 is 38.4 Å². The average molecular weight is 542 g/mol. The van der Waals surface area contributed by atoms with Crippen molar-refractivity contribution >= 4 is 27.1 Å². The van der Waals surface area contributed by atoms with E-state index < -0.39 is 74.0 Å². The molecular formula is C25H35NO8S2. The van der Waals surface area contributed by atoms with Crippen LogP contribution < -0.4 is 4.72 Å². The molecule has 4 saturated carbocycles. The highest BCUT2D eigenvalue weighted by Crippen LogP contribution is 2.76. The summed E-state index contributed by atoms with van der Waals surface area (Å²) in [5, 5.41) is 49.9. The minimum Gasteiger partial charge on any atom is -0.392 e. The van der Waals surface area contributed by atoms with Crippen LogP contribution in [0, 0.1) is 39.9 Å². The fourth-order valence-electron chi connectivity index (χ4n) is 9.28. The third-order valence-corrected chi connectivity index (χ3v) is 12.9. The van der Waals surface area contributed by atoms with Gasteiger partial charge in [0, 0.05) is 29.2 Å². The Balaban J connectivity index is 1.36. The minimum absolute atomic E-state index is 0.00379. The Morgan fingerprint density at radius 1 is 1.17 bits per heavy atom. The van der Waals surface area contributed by atoms with Gasteiger partial charge >= 0.3 is 0 Å². The van der Waals surface area contributed by atoms with Crippen LogP contribution in [0.4, 0.5) is 0 Å². The highest BCUT2D eigenvalue weighted by molar-refractivity contribution is 7.89. The molecule has 36 heavy (non-hydrogen) atoms. The molecule has 5 N–H and O–H groups in total. The molecule has 6 fully saturated rings. The number of nitrogens with one attached hydrogen (secondary N) is 1. The fourth-order valence-corrected chi connectivity index (χ4v) is 11.4. The highest BCUT2D eigenvalue weighted by atomic mass is 32.2. The topological polar surface area (TPSA) is 153 Å². The maximum atomic E-state index is 14.2. The molecule has 3 heterocycles. The van der Waals surface area contributed by atoms with Crippen molar-refractivity contribution in [2.45, 2.75) is 74.9 Å². The van der Waals surface area contributed by atoms with Crippen LogP contribution in [0.15, 0.2) is 21.7 Å². The maximum absolute atomic E-state index is 14.2. The van der Waals surface area contributed by atoms with E-state index in [9.17, 15) is 33.6 Å². The lowest BCUT2D eigenvalue weighted by Gasteiger charge is -2.74. The zero-order valence-corrected chi connectivity index (χ0v) is 22.1. The van der Waals surface area contributed by atoms with Gasteiger partial charge in [0.1, 0.15) is 11.5 Å². The number of thiophene rings is 1. The van der Waals surface area contributed by atoms with E-state index in [0.29, 0.717) is 25.7 Å². The SMILES string of the molecule is CC1(C)CC[C@H](O)[C@]23CO[C@](O)([C@@H](O)[C@H]12)[C@]12C(=O)[C@@H](CCNS(=O)(=O)c4ccsc4)[C@H](CC[C@@H]31)[C@H]2O. The van der Waals surface area contributed by atoms with E-state index >= 15 is 0 Å². The van der Waals surface area contributed by atoms with Crippen molar-refractivity contribution in [3.05, 3.63) is 16.8 Å².